The summed E-state index contributed by atoms with van der Waals surface area (Å²) in [5.41, 5.74) is 2.32. The normalized spacial score (nSPS) is 10.4. The maximum absolute atomic E-state index is 12.9. The van der Waals surface area contributed by atoms with Gasteiger partial charge in [0.05, 0.1) is 25.4 Å². The molecule has 1 aromatic heterocycles. The number of nitrogens with zero attached hydrogens (tertiary/aromatic N) is 1. The molecule has 0 atom stereocenters. The van der Waals surface area contributed by atoms with Crippen molar-refractivity contribution in [2.24, 2.45) is 0 Å². The molecule has 0 spiro atoms. The topological polar surface area (TPSA) is 120 Å². The summed E-state index contributed by atoms with van der Waals surface area (Å²) in [4.78, 5) is 25.8. The Kier molecular flexibility index (Phi) is 9.62. The minimum atomic E-state index is -0.764. The van der Waals surface area contributed by atoms with E-state index in [1.807, 2.05) is 81.4 Å². The molecule has 41 heavy (non-hydrogen) atoms. The highest BCUT2D eigenvalue weighted by Crippen LogP contribution is 2.42. The van der Waals surface area contributed by atoms with Gasteiger partial charge in [0, 0.05) is 11.1 Å². The fourth-order valence-electron chi connectivity index (χ4n) is 4.18. The molecule has 0 aliphatic carbocycles. The van der Waals surface area contributed by atoms with Crippen LogP contribution in [0.1, 0.15) is 36.7 Å². The van der Waals surface area contributed by atoms with Crippen molar-refractivity contribution >= 4 is 17.8 Å². The van der Waals surface area contributed by atoms with E-state index in [4.69, 9.17) is 23.4 Å². The van der Waals surface area contributed by atoms with E-state index >= 15 is 0 Å². The summed E-state index contributed by atoms with van der Waals surface area (Å²) < 4.78 is 28.3. The second-order valence-electron chi connectivity index (χ2n) is 8.58. The summed E-state index contributed by atoms with van der Waals surface area (Å²) in [5, 5.41) is 12.6. The lowest BCUT2D eigenvalue weighted by atomic mass is 9.98. The number of anilines is 1. The van der Waals surface area contributed by atoms with Gasteiger partial charge in [0.25, 0.3) is 5.91 Å². The van der Waals surface area contributed by atoms with Crippen molar-refractivity contribution in [3.63, 3.8) is 0 Å². The van der Waals surface area contributed by atoms with Crippen molar-refractivity contribution in [1.82, 2.24) is 0 Å². The smallest absolute Gasteiger partial charge is 0.338 e. The molecule has 0 aliphatic rings. The van der Waals surface area contributed by atoms with E-state index < -0.39 is 18.5 Å². The van der Waals surface area contributed by atoms with E-state index in [1.54, 1.807) is 0 Å². The zero-order valence-electron chi connectivity index (χ0n) is 23.1. The van der Waals surface area contributed by atoms with Crippen molar-refractivity contribution in [2.45, 2.75) is 20.8 Å². The van der Waals surface area contributed by atoms with Gasteiger partial charge in [-0.1, -0.05) is 60.7 Å². The van der Waals surface area contributed by atoms with Gasteiger partial charge < -0.3 is 23.4 Å². The number of hydrogen-bond donors (Lipinski definition) is 1. The van der Waals surface area contributed by atoms with Gasteiger partial charge >= 0.3 is 5.97 Å². The summed E-state index contributed by atoms with van der Waals surface area (Å²) >= 11 is 0. The van der Waals surface area contributed by atoms with E-state index in [-0.39, 0.29) is 17.0 Å². The molecule has 3 aromatic carbocycles. The fourth-order valence-corrected chi connectivity index (χ4v) is 4.18. The highest BCUT2D eigenvalue weighted by atomic mass is 16.5. The Morgan fingerprint density at radius 1 is 0.829 bits per heavy atom. The van der Waals surface area contributed by atoms with Gasteiger partial charge in [0.2, 0.25) is 11.6 Å². The van der Waals surface area contributed by atoms with Gasteiger partial charge in [-0.05, 0) is 38.5 Å². The third-order valence-electron chi connectivity index (χ3n) is 5.85. The number of nitrogens with one attached hydrogen (secondary N) is 1. The maximum Gasteiger partial charge on any atom is 0.338 e. The largest absolute Gasteiger partial charge is 0.490 e. The number of rotatable bonds is 12. The number of carbonyl (C=O) groups is 2. The Morgan fingerprint density at radius 2 is 1.39 bits per heavy atom. The Balaban J connectivity index is 1.56. The molecule has 9 heteroatoms. The van der Waals surface area contributed by atoms with Crippen molar-refractivity contribution in [2.75, 3.05) is 31.7 Å². The zero-order chi connectivity index (χ0) is 29.2. The number of esters is 1. The molecule has 0 saturated carbocycles. The molecule has 0 bridgehead atoms. The SMILES string of the molecule is CCOc1cc(C(=O)OCC(=O)Nc2oc(-c3ccccc3)c(-c3ccccc3)c2C#N)cc(OCC)c1OCC. The molecule has 0 radical (unpaired) electrons. The van der Waals surface area contributed by atoms with Crippen LogP contribution in [0.3, 0.4) is 0 Å². The minimum absolute atomic E-state index is 0.0374. The second-order valence-corrected chi connectivity index (χ2v) is 8.58. The third-order valence-corrected chi connectivity index (χ3v) is 5.85. The van der Waals surface area contributed by atoms with Crippen LogP contribution in [0.25, 0.3) is 22.5 Å². The van der Waals surface area contributed by atoms with Crippen LogP contribution in [0.4, 0.5) is 5.88 Å². The lowest BCUT2D eigenvalue weighted by molar-refractivity contribution is -0.119. The monoisotopic (exact) mass is 554 g/mol. The molecule has 1 heterocycles. The number of ether oxygens (including phenoxy) is 4. The molecule has 0 saturated heterocycles. The first-order valence-electron chi connectivity index (χ1n) is 13.2. The van der Waals surface area contributed by atoms with Gasteiger partial charge in [0.15, 0.2) is 18.1 Å². The number of furan rings is 1. The number of amides is 1. The van der Waals surface area contributed by atoms with Gasteiger partial charge in [0.1, 0.15) is 17.4 Å². The quantitative estimate of drug-likeness (QED) is 0.198. The average Bonchev–Trinajstić information content (AvgIpc) is 3.36. The van der Waals surface area contributed by atoms with Gasteiger partial charge in [-0.3, -0.25) is 10.1 Å². The standard InChI is InChI=1S/C32H30N2O7/c1-4-37-25-17-23(18-26(38-5-2)30(25)39-6-3)32(36)40-20-27(35)34-31-24(19-33)28(21-13-9-7-10-14-21)29(41-31)22-15-11-8-12-16-22/h7-18H,4-6,20H2,1-3H3,(H,34,35). The molecule has 0 aliphatic heterocycles. The molecule has 1 N–H and O–H groups in total. The highest BCUT2D eigenvalue weighted by molar-refractivity contribution is 5.98. The molecule has 210 valence electrons. The van der Waals surface area contributed by atoms with Crippen LogP contribution in [0.5, 0.6) is 17.2 Å². The second kappa shape index (κ2) is 13.7. The van der Waals surface area contributed by atoms with Crippen molar-refractivity contribution in [3.8, 4) is 45.8 Å². The Hall–Kier alpha value is -5.23. The summed E-state index contributed by atoms with van der Waals surface area (Å²) in [6.45, 7) is 5.88. The molecule has 0 unspecified atom stereocenters. The van der Waals surface area contributed by atoms with E-state index in [0.717, 1.165) is 11.1 Å². The van der Waals surface area contributed by atoms with Crippen LogP contribution in [-0.2, 0) is 9.53 Å². The molecule has 1 amide bonds. The molecular weight excluding hydrogens is 524 g/mol. The molecule has 4 aromatic rings. The molecule has 0 fully saturated rings. The van der Waals surface area contributed by atoms with Crippen LogP contribution in [0.15, 0.2) is 77.2 Å². The Bertz CT molecular complexity index is 1510. The number of hydrogen-bond acceptors (Lipinski definition) is 8. The lowest BCUT2D eigenvalue weighted by Crippen LogP contribution is -2.21. The Morgan fingerprint density at radius 3 is 1.93 bits per heavy atom. The summed E-state index contributed by atoms with van der Waals surface area (Å²) in [6.07, 6.45) is 0. The van der Waals surface area contributed by atoms with Crippen molar-refractivity contribution < 1.29 is 33.0 Å². The van der Waals surface area contributed by atoms with Crippen LogP contribution < -0.4 is 19.5 Å². The van der Waals surface area contributed by atoms with Crippen molar-refractivity contribution in [3.05, 3.63) is 83.9 Å². The lowest BCUT2D eigenvalue weighted by Gasteiger charge is -2.16. The zero-order valence-corrected chi connectivity index (χ0v) is 23.1. The van der Waals surface area contributed by atoms with Crippen LogP contribution >= 0.6 is 0 Å². The van der Waals surface area contributed by atoms with Crippen LogP contribution in [-0.4, -0.2) is 38.3 Å². The maximum atomic E-state index is 12.9. The van der Waals surface area contributed by atoms with E-state index in [0.29, 0.717) is 48.4 Å². The summed E-state index contributed by atoms with van der Waals surface area (Å²) in [7, 11) is 0. The van der Waals surface area contributed by atoms with Crippen LogP contribution in [0.2, 0.25) is 0 Å². The van der Waals surface area contributed by atoms with Crippen LogP contribution in [0, 0.1) is 11.3 Å². The first-order chi connectivity index (χ1) is 20.0. The van der Waals surface area contributed by atoms with Gasteiger partial charge in [-0.2, -0.15) is 5.26 Å². The number of carbonyl (C=O) groups excluding carboxylic acids is 2. The molecule has 9 nitrogen and oxygen atoms in total. The van der Waals surface area contributed by atoms with E-state index in [2.05, 4.69) is 11.4 Å². The predicted molar refractivity (Wildman–Crippen MR) is 153 cm³/mol. The van der Waals surface area contributed by atoms with E-state index in [9.17, 15) is 14.9 Å². The minimum Gasteiger partial charge on any atom is -0.490 e. The molecule has 4 rings (SSSR count). The van der Waals surface area contributed by atoms with E-state index in [1.165, 1.54) is 12.1 Å². The summed E-state index contributed by atoms with van der Waals surface area (Å²) in [5.74, 6) is -0.00759. The Labute approximate surface area is 238 Å². The molecular formula is C32H30N2O7. The predicted octanol–water partition coefficient (Wildman–Crippen LogP) is 6.48. The number of benzene rings is 3. The average molecular weight is 555 g/mol. The summed E-state index contributed by atoms with van der Waals surface area (Å²) in [6, 6.07) is 23.7. The third kappa shape index (κ3) is 6.68. The first-order valence-corrected chi connectivity index (χ1v) is 13.2. The highest BCUT2D eigenvalue weighted by Gasteiger charge is 2.25. The van der Waals surface area contributed by atoms with Gasteiger partial charge in [-0.25, -0.2) is 4.79 Å². The fraction of sp³-hybridized carbons (Fsp3) is 0.219. The first kappa shape index (κ1) is 28.8. The number of nitriles is 1. The van der Waals surface area contributed by atoms with Gasteiger partial charge in [-0.15, -0.1) is 0 Å². The van der Waals surface area contributed by atoms with Crippen molar-refractivity contribution in [1.29, 1.82) is 5.26 Å².